The van der Waals surface area contributed by atoms with Crippen molar-refractivity contribution < 1.29 is 10.2 Å². The van der Waals surface area contributed by atoms with E-state index in [9.17, 15) is 10.2 Å². The third-order valence-electron chi connectivity index (χ3n) is 0.908. The van der Waals surface area contributed by atoms with Gasteiger partial charge in [0, 0.05) is 0 Å². The zero-order chi connectivity index (χ0) is 9.98. The third-order valence-corrected chi connectivity index (χ3v) is 1.32. The van der Waals surface area contributed by atoms with Crippen molar-refractivity contribution in [2.24, 2.45) is 0 Å². The maximum Gasteiger partial charge on any atom is 2.00 e. The van der Waals surface area contributed by atoms with E-state index in [0.717, 1.165) is 12.8 Å². The summed E-state index contributed by atoms with van der Waals surface area (Å²) in [5.41, 5.74) is 0. The molecule has 0 unspecified atom stereocenters. The summed E-state index contributed by atoms with van der Waals surface area (Å²) in [6.45, 7) is 3.87. The van der Waals surface area contributed by atoms with Crippen LogP contribution in [0.1, 0.15) is 39.5 Å². The maximum atomic E-state index is 9.86. The fraction of sp³-hybridized carbons (Fsp3) is 0.750. The van der Waals surface area contributed by atoms with Crippen LogP contribution in [-0.2, 0) is 0 Å². The fourth-order valence-electron chi connectivity index (χ4n) is 0.408. The van der Waals surface area contributed by atoms with Gasteiger partial charge >= 0.3 is 37.7 Å². The molecule has 0 spiro atoms. The molecule has 0 aliphatic carbocycles. The quantitative estimate of drug-likeness (QED) is 0.537. The first-order chi connectivity index (χ1) is 5.54. The molecular weight excluding hydrogens is 232 g/mol. The molecule has 5 heteroatoms. The topological polar surface area (TPSA) is 46.1 Å². The molecule has 0 bridgehead atoms. The minimum absolute atomic E-state index is 0. The summed E-state index contributed by atoms with van der Waals surface area (Å²) in [5, 5.41) is 19.5. The van der Waals surface area contributed by atoms with Crippen LogP contribution < -0.4 is 10.2 Å². The van der Waals surface area contributed by atoms with Gasteiger partial charge in [-0.15, -0.1) is 24.4 Å². The zero-order valence-corrected chi connectivity index (χ0v) is 12.0. The Hall–Kier alpha value is 1.04. The average Bonchev–Trinajstić information content (AvgIpc) is 1.87. The molecule has 0 amide bonds. The summed E-state index contributed by atoms with van der Waals surface area (Å²) < 4.78 is 0. The Labute approximate surface area is 121 Å². The molecule has 2 nitrogen and oxygen atoms in total. The van der Waals surface area contributed by atoms with Crippen LogP contribution in [0.5, 0.6) is 0 Å². The van der Waals surface area contributed by atoms with Crippen molar-refractivity contribution in [2.45, 2.75) is 39.5 Å². The predicted molar refractivity (Wildman–Crippen MR) is 60.8 cm³/mol. The number of hydrogen-bond donors (Lipinski definition) is 0. The van der Waals surface area contributed by atoms with Crippen LogP contribution in [-0.4, -0.2) is 47.8 Å². The van der Waals surface area contributed by atoms with E-state index in [1.807, 2.05) is 13.8 Å². The Balaban J connectivity index is -0.000000143. The molecular formula is C8H14CaO2S2. The molecule has 0 aromatic heterocycles. The standard InChI is InChI=1S/2C4H8OS.Ca/c2*1-2-3-4(5)6;/h2*2-3H2,1H3,(H,5,6);/q;;+2/p-2. The Morgan fingerprint density at radius 2 is 1.15 bits per heavy atom. The Bertz CT molecular complexity index is 124. The molecule has 0 radical (unpaired) electrons. The van der Waals surface area contributed by atoms with Crippen molar-refractivity contribution in [3.8, 4) is 0 Å². The van der Waals surface area contributed by atoms with Crippen molar-refractivity contribution in [3.63, 3.8) is 0 Å². The van der Waals surface area contributed by atoms with Gasteiger partial charge < -0.3 is 10.2 Å². The number of hydrogen-bond acceptors (Lipinski definition) is 4. The summed E-state index contributed by atoms with van der Waals surface area (Å²) in [7, 11) is 0. The first-order valence-corrected chi connectivity index (χ1v) is 4.75. The Kier molecular flexibility index (Phi) is 23.4. The Morgan fingerprint density at radius 3 is 1.15 bits per heavy atom. The molecule has 0 aromatic rings. The summed E-state index contributed by atoms with van der Waals surface area (Å²) in [5.74, 6) is 0. The van der Waals surface area contributed by atoms with Crippen molar-refractivity contribution in [1.82, 2.24) is 0 Å². The van der Waals surface area contributed by atoms with E-state index < -0.39 is 0 Å². The minimum atomic E-state index is -0.127. The van der Waals surface area contributed by atoms with Crippen molar-refractivity contribution >= 4 is 72.3 Å². The molecule has 0 saturated carbocycles. The van der Waals surface area contributed by atoms with Crippen LogP contribution >= 0.6 is 24.4 Å². The van der Waals surface area contributed by atoms with E-state index in [1.54, 1.807) is 0 Å². The molecule has 0 saturated heterocycles. The third kappa shape index (κ3) is 32.1. The summed E-state index contributed by atoms with van der Waals surface area (Å²) in [6.07, 6.45) is 2.86. The van der Waals surface area contributed by atoms with E-state index >= 15 is 0 Å². The predicted octanol–water partition coefficient (Wildman–Crippen LogP) is 0.568. The van der Waals surface area contributed by atoms with Gasteiger partial charge in [0.15, 0.2) is 0 Å². The van der Waals surface area contributed by atoms with E-state index in [4.69, 9.17) is 0 Å². The van der Waals surface area contributed by atoms with Gasteiger partial charge in [-0.1, -0.05) is 36.8 Å². The van der Waals surface area contributed by atoms with E-state index in [0.29, 0.717) is 12.8 Å². The van der Waals surface area contributed by atoms with E-state index in [-0.39, 0.29) is 47.8 Å². The second-order valence-electron chi connectivity index (χ2n) is 2.24. The van der Waals surface area contributed by atoms with Gasteiger partial charge in [-0.05, 0) is 12.8 Å². The van der Waals surface area contributed by atoms with E-state index in [2.05, 4.69) is 24.4 Å². The smallest absolute Gasteiger partial charge is 0.867 e. The van der Waals surface area contributed by atoms with Gasteiger partial charge in [-0.25, -0.2) is 0 Å². The van der Waals surface area contributed by atoms with Gasteiger partial charge in [0.05, 0.1) is 0 Å². The number of thiocarbonyl (C=S) groups is 2. The fourth-order valence-corrected chi connectivity index (χ4v) is 0.816. The van der Waals surface area contributed by atoms with Crippen LogP contribution in [0, 0.1) is 0 Å². The molecule has 0 rings (SSSR count). The molecule has 0 fully saturated rings. The molecule has 0 atom stereocenters. The van der Waals surface area contributed by atoms with Gasteiger partial charge in [-0.2, -0.15) is 0 Å². The van der Waals surface area contributed by atoms with Gasteiger partial charge in [0.25, 0.3) is 0 Å². The first kappa shape index (κ1) is 19.6. The van der Waals surface area contributed by atoms with Gasteiger partial charge in [0.1, 0.15) is 0 Å². The van der Waals surface area contributed by atoms with Crippen molar-refractivity contribution in [3.05, 3.63) is 0 Å². The van der Waals surface area contributed by atoms with Crippen LogP contribution in [0.4, 0.5) is 0 Å². The molecule has 0 N–H and O–H groups in total. The largest absolute Gasteiger partial charge is 2.00 e. The zero-order valence-electron chi connectivity index (χ0n) is 8.17. The van der Waals surface area contributed by atoms with Gasteiger partial charge in [0.2, 0.25) is 0 Å². The SMILES string of the molecule is CCCC([O-])=S.CCCC([O-])=S.[Ca+2]. The van der Waals surface area contributed by atoms with Crippen LogP contribution in [0.25, 0.3) is 0 Å². The second-order valence-corrected chi connectivity index (χ2v) is 3.15. The molecule has 0 heterocycles. The van der Waals surface area contributed by atoms with Crippen molar-refractivity contribution in [2.75, 3.05) is 0 Å². The second kappa shape index (κ2) is 15.5. The Morgan fingerprint density at radius 1 is 0.923 bits per heavy atom. The molecule has 13 heavy (non-hydrogen) atoms. The van der Waals surface area contributed by atoms with Crippen LogP contribution in [0.15, 0.2) is 0 Å². The minimum Gasteiger partial charge on any atom is -0.867 e. The summed E-state index contributed by atoms with van der Waals surface area (Å²) in [4.78, 5) is 0. The first-order valence-electron chi connectivity index (χ1n) is 3.94. The molecule has 0 aromatic carbocycles. The molecule has 0 aliphatic heterocycles. The van der Waals surface area contributed by atoms with Crippen LogP contribution in [0.3, 0.4) is 0 Å². The average molecular weight is 246 g/mol. The summed E-state index contributed by atoms with van der Waals surface area (Å²) >= 11 is 8.48. The van der Waals surface area contributed by atoms with E-state index in [1.165, 1.54) is 0 Å². The molecule has 0 aliphatic rings. The van der Waals surface area contributed by atoms with Crippen LogP contribution in [0.2, 0.25) is 0 Å². The number of rotatable bonds is 4. The monoisotopic (exact) mass is 246 g/mol. The van der Waals surface area contributed by atoms with Gasteiger partial charge in [-0.3, -0.25) is 0 Å². The normalized spacial score (nSPS) is 7.54. The summed E-state index contributed by atoms with van der Waals surface area (Å²) in [6, 6.07) is 0. The molecule has 72 valence electrons. The van der Waals surface area contributed by atoms with Crippen molar-refractivity contribution in [1.29, 1.82) is 0 Å². The maximum absolute atomic E-state index is 9.86.